The predicted octanol–water partition coefficient (Wildman–Crippen LogP) is 4.85. The number of aromatic nitrogens is 2. The third-order valence-electron chi connectivity index (χ3n) is 6.20. The van der Waals surface area contributed by atoms with Crippen molar-refractivity contribution in [2.24, 2.45) is 0 Å². The van der Waals surface area contributed by atoms with Crippen LogP contribution in [0, 0.1) is 17.0 Å². The van der Waals surface area contributed by atoms with E-state index in [4.69, 9.17) is 4.74 Å². The average Bonchev–Trinajstić information content (AvgIpc) is 3.43. The van der Waals surface area contributed by atoms with E-state index in [1.165, 1.54) is 36.4 Å². The molecule has 1 amide bonds. The SMILES string of the molecule is CC(=O)N(COC(=O)C(O[N+](=O)[O-])c1ccccc1)S(=O)(=O)c1ccc(-n2nc(C(F)(F)F)cc2-c2ccc(C)cc2)cc1. The molecule has 4 aromatic rings. The standard InChI is InChI=1S/C28H23F3N4O8S/c1-18-8-10-20(11-9-18)24-16-25(28(29,30)31)32-34(24)22-12-14-23(15-13-22)44(40,41)33(19(2)36)17-42-27(37)26(43-35(38)39)21-6-4-3-5-7-21/h3-16,26H,17H2,1-2H3. The number of carbonyl (C=O) groups excluding carboxylic acids is 2. The maximum Gasteiger partial charge on any atom is 0.435 e. The van der Waals surface area contributed by atoms with Gasteiger partial charge >= 0.3 is 12.1 Å². The number of alkyl halides is 3. The molecule has 1 atom stereocenters. The normalized spacial score (nSPS) is 12.3. The number of sulfonamides is 1. The first-order valence-corrected chi connectivity index (χ1v) is 14.0. The molecule has 230 valence electrons. The van der Waals surface area contributed by atoms with Crippen LogP contribution in [0.4, 0.5) is 13.2 Å². The number of ether oxygens (including phenoxy) is 1. The van der Waals surface area contributed by atoms with Crippen molar-refractivity contribution in [3.05, 3.63) is 112 Å². The highest BCUT2D eigenvalue weighted by atomic mass is 32.2. The van der Waals surface area contributed by atoms with Gasteiger partial charge in [-0.1, -0.05) is 60.2 Å². The van der Waals surface area contributed by atoms with Gasteiger partial charge in [0.25, 0.3) is 15.1 Å². The summed E-state index contributed by atoms with van der Waals surface area (Å²) < 4.78 is 73.4. The van der Waals surface area contributed by atoms with Crippen LogP contribution >= 0.6 is 0 Å². The minimum Gasteiger partial charge on any atom is -0.441 e. The fourth-order valence-corrected chi connectivity index (χ4v) is 5.28. The lowest BCUT2D eigenvalue weighted by atomic mass is 10.1. The van der Waals surface area contributed by atoms with Crippen molar-refractivity contribution in [1.82, 2.24) is 14.1 Å². The average molecular weight is 633 g/mol. The lowest BCUT2D eigenvalue weighted by Crippen LogP contribution is -2.38. The first-order chi connectivity index (χ1) is 20.7. The number of rotatable bonds is 10. The number of amides is 1. The number of hydrogen-bond donors (Lipinski definition) is 0. The molecule has 0 radical (unpaired) electrons. The molecule has 1 heterocycles. The highest BCUT2D eigenvalue weighted by Crippen LogP contribution is 2.33. The van der Waals surface area contributed by atoms with Gasteiger partial charge < -0.3 is 4.74 Å². The predicted molar refractivity (Wildman–Crippen MR) is 147 cm³/mol. The molecule has 1 unspecified atom stereocenters. The van der Waals surface area contributed by atoms with Crippen molar-refractivity contribution in [3.63, 3.8) is 0 Å². The van der Waals surface area contributed by atoms with E-state index in [0.29, 0.717) is 5.56 Å². The van der Waals surface area contributed by atoms with Gasteiger partial charge in [0.1, 0.15) is 0 Å². The van der Waals surface area contributed by atoms with Gasteiger partial charge in [-0.05, 0) is 42.8 Å². The Kier molecular flexibility index (Phi) is 9.03. The molecule has 12 nitrogen and oxygen atoms in total. The second kappa shape index (κ2) is 12.5. The van der Waals surface area contributed by atoms with Gasteiger partial charge in [-0.25, -0.2) is 17.9 Å². The quantitative estimate of drug-likeness (QED) is 0.103. The zero-order valence-electron chi connectivity index (χ0n) is 23.0. The van der Waals surface area contributed by atoms with Gasteiger partial charge in [-0.2, -0.15) is 22.6 Å². The number of hydrogen-bond acceptors (Lipinski definition) is 9. The molecule has 0 N–H and O–H groups in total. The van der Waals surface area contributed by atoms with E-state index >= 15 is 0 Å². The topological polar surface area (TPSA) is 151 Å². The second-order valence-electron chi connectivity index (χ2n) is 9.27. The Balaban J connectivity index is 1.61. The van der Waals surface area contributed by atoms with Gasteiger partial charge in [-0.15, -0.1) is 10.1 Å². The molecule has 0 saturated carbocycles. The third kappa shape index (κ3) is 7.03. The minimum absolute atomic E-state index is 0.0410. The molecular formula is C28H23F3N4O8S. The number of aryl methyl sites for hydroxylation is 1. The number of carbonyl (C=O) groups is 2. The molecule has 16 heteroatoms. The fraction of sp³-hybridized carbons (Fsp3) is 0.179. The maximum absolute atomic E-state index is 13.5. The van der Waals surface area contributed by atoms with Crippen molar-refractivity contribution >= 4 is 21.9 Å². The molecule has 3 aromatic carbocycles. The Morgan fingerprint density at radius 3 is 2.18 bits per heavy atom. The van der Waals surface area contributed by atoms with E-state index in [-0.39, 0.29) is 21.2 Å². The summed E-state index contributed by atoms with van der Waals surface area (Å²) in [6, 6.07) is 19.2. The van der Waals surface area contributed by atoms with Gasteiger partial charge in [-0.3, -0.25) is 9.63 Å². The first kappa shape index (κ1) is 31.7. The number of halogens is 3. The Morgan fingerprint density at radius 1 is 1.02 bits per heavy atom. The Bertz CT molecular complexity index is 1780. The van der Waals surface area contributed by atoms with Crippen molar-refractivity contribution in [3.8, 4) is 16.9 Å². The molecule has 0 aliphatic carbocycles. The highest BCUT2D eigenvalue weighted by Gasteiger charge is 2.36. The third-order valence-corrected chi connectivity index (χ3v) is 8.01. The Labute approximate surface area is 248 Å². The molecule has 0 saturated heterocycles. The molecule has 0 bridgehead atoms. The van der Waals surface area contributed by atoms with E-state index < -0.39 is 56.6 Å². The van der Waals surface area contributed by atoms with Crippen LogP contribution in [-0.4, -0.2) is 46.2 Å². The Hall–Kier alpha value is -5.25. The fourth-order valence-electron chi connectivity index (χ4n) is 4.01. The minimum atomic E-state index is -4.75. The largest absolute Gasteiger partial charge is 0.441 e. The summed E-state index contributed by atoms with van der Waals surface area (Å²) in [4.78, 5) is 39.8. The number of benzene rings is 3. The van der Waals surface area contributed by atoms with E-state index in [1.807, 2.05) is 6.92 Å². The summed E-state index contributed by atoms with van der Waals surface area (Å²) in [5.74, 6) is -2.40. The monoisotopic (exact) mass is 632 g/mol. The van der Waals surface area contributed by atoms with Crippen LogP contribution in [0.3, 0.4) is 0 Å². The molecule has 0 spiro atoms. The van der Waals surface area contributed by atoms with Crippen LogP contribution in [0.25, 0.3) is 16.9 Å². The van der Waals surface area contributed by atoms with E-state index in [1.54, 1.807) is 30.3 Å². The molecular weight excluding hydrogens is 609 g/mol. The van der Waals surface area contributed by atoms with Crippen LogP contribution < -0.4 is 0 Å². The van der Waals surface area contributed by atoms with E-state index in [2.05, 4.69) is 9.94 Å². The Morgan fingerprint density at radius 2 is 1.64 bits per heavy atom. The lowest BCUT2D eigenvalue weighted by Gasteiger charge is -2.22. The molecule has 1 aromatic heterocycles. The lowest BCUT2D eigenvalue weighted by molar-refractivity contribution is -0.767. The number of nitrogens with zero attached hydrogens (tertiary/aromatic N) is 4. The van der Waals surface area contributed by atoms with Gasteiger partial charge in [0.05, 0.1) is 16.3 Å². The van der Waals surface area contributed by atoms with Gasteiger partial charge in [0, 0.05) is 12.5 Å². The molecule has 44 heavy (non-hydrogen) atoms. The summed E-state index contributed by atoms with van der Waals surface area (Å²) in [5.41, 5.74) is 0.360. The molecule has 4 rings (SSSR count). The number of esters is 1. The van der Waals surface area contributed by atoms with Crippen LogP contribution in [0.5, 0.6) is 0 Å². The summed E-state index contributed by atoms with van der Waals surface area (Å²) in [5, 5.41) is 13.4. The summed E-state index contributed by atoms with van der Waals surface area (Å²) >= 11 is 0. The van der Waals surface area contributed by atoms with Crippen LogP contribution in [-0.2, 0) is 35.4 Å². The zero-order valence-corrected chi connectivity index (χ0v) is 23.8. The summed E-state index contributed by atoms with van der Waals surface area (Å²) in [7, 11) is -4.67. The second-order valence-corrected chi connectivity index (χ2v) is 11.1. The summed E-state index contributed by atoms with van der Waals surface area (Å²) in [6.07, 6.45) is -6.61. The van der Waals surface area contributed by atoms with E-state index in [0.717, 1.165) is 35.4 Å². The van der Waals surface area contributed by atoms with Crippen molar-refractivity contribution < 1.29 is 45.8 Å². The molecule has 0 fully saturated rings. The van der Waals surface area contributed by atoms with Crippen molar-refractivity contribution in [2.45, 2.75) is 31.0 Å². The van der Waals surface area contributed by atoms with Crippen LogP contribution in [0.15, 0.2) is 89.8 Å². The van der Waals surface area contributed by atoms with Crippen LogP contribution in [0.1, 0.15) is 29.8 Å². The maximum atomic E-state index is 13.5. The molecule has 0 aliphatic heterocycles. The zero-order chi connectivity index (χ0) is 32.2. The highest BCUT2D eigenvalue weighted by molar-refractivity contribution is 7.89. The van der Waals surface area contributed by atoms with Crippen molar-refractivity contribution in [2.75, 3.05) is 6.73 Å². The first-order valence-electron chi connectivity index (χ1n) is 12.6. The smallest absolute Gasteiger partial charge is 0.435 e. The van der Waals surface area contributed by atoms with Gasteiger partial charge in [0.2, 0.25) is 12.0 Å². The van der Waals surface area contributed by atoms with E-state index in [9.17, 15) is 41.3 Å². The van der Waals surface area contributed by atoms with Gasteiger partial charge in [0.15, 0.2) is 12.4 Å². The molecule has 0 aliphatic rings. The summed E-state index contributed by atoms with van der Waals surface area (Å²) in [6.45, 7) is 1.56. The van der Waals surface area contributed by atoms with Crippen molar-refractivity contribution in [1.29, 1.82) is 0 Å². The van der Waals surface area contributed by atoms with Crippen LogP contribution in [0.2, 0.25) is 0 Å².